The molecule has 20 heavy (non-hydrogen) atoms. The number of carbonyl (C=O) groups is 2. The summed E-state index contributed by atoms with van der Waals surface area (Å²) in [5.41, 5.74) is -0.0228. The summed E-state index contributed by atoms with van der Waals surface area (Å²) >= 11 is 1.71. The number of ether oxygens (including phenoxy) is 1. The van der Waals surface area contributed by atoms with Crippen molar-refractivity contribution in [2.75, 3.05) is 20.2 Å². The molecule has 1 heterocycles. The zero-order valence-corrected chi connectivity index (χ0v) is 13.2. The summed E-state index contributed by atoms with van der Waals surface area (Å²) < 4.78 is 4.68. The standard InChI is InChI=1S/C14H22N2O3S/c1-10(17)16-11(13(18)19-4)8-15-9-14(2,3)12-6-5-7-20-12/h5-7,11,15H,8-9H2,1-4H3,(H,16,17). The van der Waals surface area contributed by atoms with E-state index in [0.717, 1.165) is 0 Å². The fourth-order valence-corrected chi connectivity index (χ4v) is 2.71. The summed E-state index contributed by atoms with van der Waals surface area (Å²) in [4.78, 5) is 23.9. The predicted octanol–water partition coefficient (Wildman–Crippen LogP) is 1.29. The second kappa shape index (κ2) is 7.40. The number of rotatable bonds is 7. The van der Waals surface area contributed by atoms with Gasteiger partial charge in [0.2, 0.25) is 5.91 Å². The Morgan fingerprint density at radius 1 is 1.45 bits per heavy atom. The third kappa shape index (κ3) is 4.94. The topological polar surface area (TPSA) is 67.4 Å². The fraction of sp³-hybridized carbons (Fsp3) is 0.571. The maximum Gasteiger partial charge on any atom is 0.329 e. The van der Waals surface area contributed by atoms with Gasteiger partial charge in [-0.2, -0.15) is 0 Å². The predicted molar refractivity (Wildman–Crippen MR) is 79.8 cm³/mol. The lowest BCUT2D eigenvalue weighted by molar-refractivity contribution is -0.144. The molecule has 112 valence electrons. The van der Waals surface area contributed by atoms with E-state index >= 15 is 0 Å². The van der Waals surface area contributed by atoms with Gasteiger partial charge in [-0.15, -0.1) is 11.3 Å². The van der Waals surface area contributed by atoms with Crippen LogP contribution in [-0.2, 0) is 19.7 Å². The van der Waals surface area contributed by atoms with Gasteiger partial charge in [-0.25, -0.2) is 4.79 Å². The Morgan fingerprint density at radius 3 is 2.65 bits per heavy atom. The van der Waals surface area contributed by atoms with E-state index in [-0.39, 0.29) is 11.3 Å². The minimum absolute atomic E-state index is 0.0228. The molecule has 0 saturated carbocycles. The quantitative estimate of drug-likeness (QED) is 0.745. The zero-order valence-electron chi connectivity index (χ0n) is 12.4. The number of thiophene rings is 1. The lowest BCUT2D eigenvalue weighted by Gasteiger charge is -2.25. The second-order valence-corrected chi connectivity index (χ2v) is 6.22. The molecule has 1 aromatic heterocycles. The number of carbonyl (C=O) groups excluding carboxylic acids is 2. The maximum atomic E-state index is 11.6. The second-order valence-electron chi connectivity index (χ2n) is 5.27. The molecule has 6 heteroatoms. The van der Waals surface area contributed by atoms with E-state index in [2.05, 4.69) is 35.3 Å². The molecule has 0 aliphatic carbocycles. The van der Waals surface area contributed by atoms with Crippen LogP contribution in [0.2, 0.25) is 0 Å². The van der Waals surface area contributed by atoms with Crippen molar-refractivity contribution in [3.05, 3.63) is 22.4 Å². The largest absolute Gasteiger partial charge is 0.467 e. The van der Waals surface area contributed by atoms with Gasteiger partial charge in [0, 0.05) is 30.3 Å². The van der Waals surface area contributed by atoms with Gasteiger partial charge < -0.3 is 15.4 Å². The number of methoxy groups -OCH3 is 1. The van der Waals surface area contributed by atoms with E-state index in [4.69, 9.17) is 0 Å². The molecular formula is C14H22N2O3S. The molecule has 0 aliphatic heterocycles. The van der Waals surface area contributed by atoms with E-state index in [1.165, 1.54) is 18.9 Å². The molecule has 1 unspecified atom stereocenters. The first-order chi connectivity index (χ1) is 9.36. The number of hydrogen-bond donors (Lipinski definition) is 2. The Bertz CT molecular complexity index is 443. The number of nitrogens with one attached hydrogen (secondary N) is 2. The molecule has 0 spiro atoms. The molecule has 0 radical (unpaired) electrons. The summed E-state index contributed by atoms with van der Waals surface area (Å²) in [6.07, 6.45) is 0. The van der Waals surface area contributed by atoms with E-state index in [9.17, 15) is 9.59 Å². The highest BCUT2D eigenvalue weighted by Gasteiger charge is 2.24. The molecule has 0 bridgehead atoms. The number of esters is 1. The minimum atomic E-state index is -0.656. The van der Waals surface area contributed by atoms with E-state index in [0.29, 0.717) is 13.1 Å². The highest BCUT2D eigenvalue weighted by Crippen LogP contribution is 2.26. The Hall–Kier alpha value is -1.40. The molecule has 0 aromatic carbocycles. The van der Waals surface area contributed by atoms with Crippen LogP contribution < -0.4 is 10.6 Å². The maximum absolute atomic E-state index is 11.6. The van der Waals surface area contributed by atoms with Crippen molar-refractivity contribution in [3.8, 4) is 0 Å². The molecule has 1 aromatic rings. The van der Waals surface area contributed by atoms with Crippen LogP contribution in [0.15, 0.2) is 17.5 Å². The van der Waals surface area contributed by atoms with Crippen LogP contribution in [-0.4, -0.2) is 38.1 Å². The Balaban J connectivity index is 2.51. The summed E-state index contributed by atoms with van der Waals surface area (Å²) in [5, 5.41) is 7.85. The summed E-state index contributed by atoms with van der Waals surface area (Å²) in [6, 6.07) is 3.46. The van der Waals surface area contributed by atoms with Crippen molar-refractivity contribution in [1.82, 2.24) is 10.6 Å². The molecule has 1 rings (SSSR count). The molecule has 0 fully saturated rings. The minimum Gasteiger partial charge on any atom is -0.467 e. The fourth-order valence-electron chi connectivity index (χ4n) is 1.86. The first-order valence-corrected chi connectivity index (χ1v) is 7.34. The lowest BCUT2D eigenvalue weighted by Crippen LogP contribution is -2.48. The third-order valence-electron chi connectivity index (χ3n) is 2.97. The SMILES string of the molecule is COC(=O)C(CNCC(C)(C)c1cccs1)NC(C)=O. The van der Waals surface area contributed by atoms with E-state index in [1.54, 1.807) is 11.3 Å². The van der Waals surface area contributed by atoms with Gasteiger partial charge in [0.25, 0.3) is 0 Å². The van der Waals surface area contributed by atoms with Gasteiger partial charge in [0.1, 0.15) is 6.04 Å². The first-order valence-electron chi connectivity index (χ1n) is 6.46. The highest BCUT2D eigenvalue weighted by atomic mass is 32.1. The van der Waals surface area contributed by atoms with Crippen molar-refractivity contribution >= 4 is 23.2 Å². The van der Waals surface area contributed by atoms with Crippen LogP contribution >= 0.6 is 11.3 Å². The van der Waals surface area contributed by atoms with Crippen LogP contribution in [0.1, 0.15) is 25.6 Å². The monoisotopic (exact) mass is 298 g/mol. The summed E-state index contributed by atoms with van der Waals surface area (Å²) in [7, 11) is 1.31. The Labute approximate surface area is 123 Å². The normalized spacial score (nSPS) is 12.8. The molecule has 0 aliphatic rings. The molecule has 0 saturated heterocycles. The summed E-state index contributed by atoms with van der Waals surface area (Å²) in [6.45, 7) is 6.71. The van der Waals surface area contributed by atoms with Gasteiger partial charge >= 0.3 is 5.97 Å². The van der Waals surface area contributed by atoms with Crippen LogP contribution in [0.4, 0.5) is 0 Å². The molecule has 5 nitrogen and oxygen atoms in total. The average Bonchev–Trinajstić information content (AvgIpc) is 2.90. The Morgan fingerprint density at radius 2 is 2.15 bits per heavy atom. The van der Waals surface area contributed by atoms with Crippen molar-refractivity contribution in [2.45, 2.75) is 32.2 Å². The van der Waals surface area contributed by atoms with Crippen molar-refractivity contribution < 1.29 is 14.3 Å². The van der Waals surface area contributed by atoms with Gasteiger partial charge in [0.05, 0.1) is 7.11 Å². The Kier molecular flexibility index (Phi) is 6.16. The van der Waals surface area contributed by atoms with E-state index < -0.39 is 12.0 Å². The van der Waals surface area contributed by atoms with Gasteiger partial charge in [-0.3, -0.25) is 4.79 Å². The van der Waals surface area contributed by atoms with Crippen molar-refractivity contribution in [1.29, 1.82) is 0 Å². The van der Waals surface area contributed by atoms with E-state index in [1.807, 2.05) is 11.4 Å². The van der Waals surface area contributed by atoms with Gasteiger partial charge in [0.15, 0.2) is 0 Å². The highest BCUT2D eigenvalue weighted by molar-refractivity contribution is 7.10. The van der Waals surface area contributed by atoms with Gasteiger partial charge in [-0.1, -0.05) is 19.9 Å². The first kappa shape index (κ1) is 16.7. The van der Waals surface area contributed by atoms with Crippen molar-refractivity contribution in [2.24, 2.45) is 0 Å². The van der Waals surface area contributed by atoms with Crippen LogP contribution in [0.5, 0.6) is 0 Å². The van der Waals surface area contributed by atoms with Crippen LogP contribution in [0.25, 0.3) is 0 Å². The van der Waals surface area contributed by atoms with Crippen molar-refractivity contribution in [3.63, 3.8) is 0 Å². The van der Waals surface area contributed by atoms with Crippen LogP contribution in [0, 0.1) is 0 Å². The lowest BCUT2D eigenvalue weighted by atomic mass is 9.91. The zero-order chi connectivity index (χ0) is 15.2. The third-order valence-corrected chi connectivity index (χ3v) is 4.20. The summed E-state index contributed by atoms with van der Waals surface area (Å²) in [5.74, 6) is -0.693. The van der Waals surface area contributed by atoms with Crippen LogP contribution in [0.3, 0.4) is 0 Å². The van der Waals surface area contributed by atoms with Gasteiger partial charge in [-0.05, 0) is 11.4 Å². The molecule has 1 atom stereocenters. The smallest absolute Gasteiger partial charge is 0.329 e. The number of amides is 1. The molecule has 1 amide bonds. The number of hydrogen-bond acceptors (Lipinski definition) is 5. The average molecular weight is 298 g/mol. The molecule has 2 N–H and O–H groups in total. The molecular weight excluding hydrogens is 276 g/mol.